The van der Waals surface area contributed by atoms with Gasteiger partial charge < -0.3 is 0 Å². The van der Waals surface area contributed by atoms with E-state index in [4.69, 9.17) is 5.14 Å². The van der Waals surface area contributed by atoms with E-state index in [0.29, 0.717) is 4.90 Å². The molecular formula is C6H6FNOS. The van der Waals surface area contributed by atoms with E-state index in [1.165, 1.54) is 24.3 Å². The lowest BCUT2D eigenvalue weighted by Crippen LogP contribution is -2.01. The zero-order chi connectivity index (χ0) is 7.56. The van der Waals surface area contributed by atoms with E-state index >= 15 is 0 Å². The number of hydrogen-bond acceptors (Lipinski definition) is 1. The van der Waals surface area contributed by atoms with Gasteiger partial charge in [0.05, 0.1) is 4.90 Å². The van der Waals surface area contributed by atoms with Gasteiger partial charge in [-0.05, 0) is 24.3 Å². The van der Waals surface area contributed by atoms with Crippen LogP contribution in [-0.2, 0) is 11.0 Å². The smallest absolute Gasteiger partial charge is 0.123 e. The van der Waals surface area contributed by atoms with Crippen LogP contribution in [0.25, 0.3) is 0 Å². The number of halogens is 1. The van der Waals surface area contributed by atoms with Crippen LogP contribution < -0.4 is 5.14 Å². The maximum Gasteiger partial charge on any atom is 0.123 e. The summed E-state index contributed by atoms with van der Waals surface area (Å²) < 4.78 is 22.7. The Bertz CT molecular complexity index is 246. The Labute approximate surface area is 60.4 Å². The van der Waals surface area contributed by atoms with E-state index in [1.54, 1.807) is 0 Å². The minimum absolute atomic E-state index is 0.353. The molecule has 0 bridgehead atoms. The second kappa shape index (κ2) is 2.90. The topological polar surface area (TPSA) is 43.1 Å². The van der Waals surface area contributed by atoms with Crippen LogP contribution in [0.1, 0.15) is 0 Å². The van der Waals surface area contributed by atoms with Gasteiger partial charge in [0, 0.05) is 0 Å². The van der Waals surface area contributed by atoms with E-state index in [9.17, 15) is 8.60 Å². The molecule has 4 heteroatoms. The van der Waals surface area contributed by atoms with Gasteiger partial charge in [-0.1, -0.05) is 0 Å². The number of benzene rings is 1. The summed E-state index contributed by atoms with van der Waals surface area (Å²) in [7, 11) is -1.50. The summed E-state index contributed by atoms with van der Waals surface area (Å²) >= 11 is 0. The minimum Gasteiger partial charge on any atom is -0.248 e. The van der Waals surface area contributed by atoms with Crippen molar-refractivity contribution < 1.29 is 8.60 Å². The van der Waals surface area contributed by atoms with Crippen LogP contribution in [0.5, 0.6) is 0 Å². The van der Waals surface area contributed by atoms with Crippen LogP contribution in [0.4, 0.5) is 4.39 Å². The van der Waals surface area contributed by atoms with Gasteiger partial charge in [-0.15, -0.1) is 0 Å². The summed E-state index contributed by atoms with van der Waals surface area (Å²) in [5, 5.41) is 5.01. The van der Waals surface area contributed by atoms with Crippen molar-refractivity contribution in [2.45, 2.75) is 4.90 Å². The third kappa shape index (κ3) is 1.62. The first kappa shape index (κ1) is 7.37. The number of nitrogens with two attached hydrogens (primary N) is 1. The lowest BCUT2D eigenvalue weighted by atomic mass is 10.4. The summed E-state index contributed by atoms with van der Waals surface area (Å²) in [5.41, 5.74) is 0. The molecule has 1 rings (SSSR count). The normalized spacial score (nSPS) is 13.0. The third-order valence-corrected chi connectivity index (χ3v) is 1.78. The molecule has 0 saturated carbocycles. The van der Waals surface area contributed by atoms with Gasteiger partial charge in [-0.25, -0.2) is 13.7 Å². The van der Waals surface area contributed by atoms with Crippen molar-refractivity contribution >= 4 is 11.0 Å². The fourth-order valence-electron chi connectivity index (χ4n) is 0.569. The van der Waals surface area contributed by atoms with E-state index in [-0.39, 0.29) is 5.82 Å². The summed E-state index contributed by atoms with van der Waals surface area (Å²) in [5.74, 6) is -0.353. The quantitative estimate of drug-likeness (QED) is 0.647. The van der Waals surface area contributed by atoms with Gasteiger partial charge in [-0.3, -0.25) is 0 Å². The first-order chi connectivity index (χ1) is 4.70. The predicted octanol–water partition coefficient (Wildman–Crippen LogP) is 0.807. The molecular weight excluding hydrogens is 153 g/mol. The molecule has 0 heterocycles. The lowest BCUT2D eigenvalue weighted by molar-refractivity contribution is 0.626. The molecule has 0 spiro atoms. The average Bonchev–Trinajstić information content (AvgIpc) is 1.88. The fraction of sp³-hybridized carbons (Fsp3) is 0. The van der Waals surface area contributed by atoms with Crippen LogP contribution in [0.2, 0.25) is 0 Å². The molecule has 1 aromatic rings. The molecule has 0 aromatic heterocycles. The van der Waals surface area contributed by atoms with Crippen LogP contribution >= 0.6 is 0 Å². The van der Waals surface area contributed by atoms with Crippen molar-refractivity contribution in [2.24, 2.45) is 5.14 Å². The highest BCUT2D eigenvalue weighted by atomic mass is 32.2. The highest BCUT2D eigenvalue weighted by molar-refractivity contribution is 7.82. The molecule has 0 aliphatic heterocycles. The Kier molecular flexibility index (Phi) is 2.13. The predicted molar refractivity (Wildman–Crippen MR) is 37.0 cm³/mol. The molecule has 2 nitrogen and oxygen atoms in total. The van der Waals surface area contributed by atoms with Crippen molar-refractivity contribution in [2.75, 3.05) is 0 Å². The van der Waals surface area contributed by atoms with Gasteiger partial charge in [0.15, 0.2) is 0 Å². The molecule has 0 aliphatic rings. The summed E-state index contributed by atoms with van der Waals surface area (Å²) in [6.45, 7) is 0. The van der Waals surface area contributed by atoms with Crippen molar-refractivity contribution in [3.05, 3.63) is 30.1 Å². The SMILES string of the molecule is N[S@@](=O)c1ccc(F)cc1. The molecule has 0 amide bonds. The standard InChI is InChI=1S/C6H6FNOS/c7-5-1-3-6(4-2-5)10(8)9/h1-4H,8H2/t10-/m0/s1. The Morgan fingerprint density at radius 1 is 1.30 bits per heavy atom. The Morgan fingerprint density at radius 3 is 2.20 bits per heavy atom. The molecule has 0 fully saturated rings. The first-order valence-electron chi connectivity index (χ1n) is 2.62. The maximum atomic E-state index is 12.2. The lowest BCUT2D eigenvalue weighted by Gasteiger charge is -1.92. The molecule has 54 valence electrons. The second-order valence-electron chi connectivity index (χ2n) is 1.75. The molecule has 0 unspecified atom stereocenters. The Hall–Kier alpha value is -0.740. The van der Waals surface area contributed by atoms with E-state index in [0.717, 1.165) is 0 Å². The zero-order valence-electron chi connectivity index (χ0n) is 5.08. The zero-order valence-corrected chi connectivity index (χ0v) is 5.90. The summed E-state index contributed by atoms with van der Waals surface area (Å²) in [6, 6.07) is 5.23. The third-order valence-electron chi connectivity index (χ3n) is 1.05. The Balaban J connectivity index is 3.00. The van der Waals surface area contributed by atoms with Gasteiger partial charge >= 0.3 is 0 Å². The van der Waals surface area contributed by atoms with Gasteiger partial charge in [0.1, 0.15) is 16.8 Å². The van der Waals surface area contributed by atoms with Crippen molar-refractivity contribution in [1.29, 1.82) is 0 Å². The van der Waals surface area contributed by atoms with Crippen molar-refractivity contribution in [3.8, 4) is 0 Å². The van der Waals surface area contributed by atoms with Crippen LogP contribution in [0, 0.1) is 5.82 Å². The van der Waals surface area contributed by atoms with Crippen molar-refractivity contribution in [1.82, 2.24) is 0 Å². The minimum atomic E-state index is -1.50. The molecule has 0 aliphatic carbocycles. The highest BCUT2D eigenvalue weighted by Gasteiger charge is 1.95. The number of rotatable bonds is 1. The number of hydrogen-bond donors (Lipinski definition) is 1. The van der Waals surface area contributed by atoms with Gasteiger partial charge in [-0.2, -0.15) is 0 Å². The highest BCUT2D eigenvalue weighted by Crippen LogP contribution is 2.03. The van der Waals surface area contributed by atoms with Gasteiger partial charge in [0.2, 0.25) is 0 Å². The van der Waals surface area contributed by atoms with Crippen LogP contribution in [0.3, 0.4) is 0 Å². The average molecular weight is 159 g/mol. The molecule has 1 atom stereocenters. The first-order valence-corrected chi connectivity index (χ1v) is 3.83. The van der Waals surface area contributed by atoms with Gasteiger partial charge in [0.25, 0.3) is 0 Å². The fourth-order valence-corrected chi connectivity index (χ4v) is 0.973. The molecule has 10 heavy (non-hydrogen) atoms. The van der Waals surface area contributed by atoms with E-state index in [2.05, 4.69) is 0 Å². The van der Waals surface area contributed by atoms with Crippen molar-refractivity contribution in [3.63, 3.8) is 0 Å². The van der Waals surface area contributed by atoms with E-state index < -0.39 is 11.0 Å². The molecule has 1 aromatic carbocycles. The molecule has 0 radical (unpaired) electrons. The summed E-state index contributed by atoms with van der Waals surface area (Å²) in [4.78, 5) is 0.432. The summed E-state index contributed by atoms with van der Waals surface area (Å²) in [6.07, 6.45) is 0. The second-order valence-corrected chi connectivity index (χ2v) is 2.82. The molecule has 0 saturated heterocycles. The largest absolute Gasteiger partial charge is 0.248 e. The van der Waals surface area contributed by atoms with E-state index in [1.807, 2.05) is 0 Å². The monoisotopic (exact) mass is 159 g/mol. The van der Waals surface area contributed by atoms with Crippen LogP contribution in [0.15, 0.2) is 29.2 Å². The molecule has 2 N–H and O–H groups in total. The maximum absolute atomic E-state index is 12.2. The Morgan fingerprint density at radius 2 is 1.80 bits per heavy atom. The van der Waals surface area contributed by atoms with Crippen LogP contribution in [-0.4, -0.2) is 4.21 Å².